The Bertz CT molecular complexity index is 733. The summed E-state index contributed by atoms with van der Waals surface area (Å²) in [5.74, 6) is -0.295. The molecule has 0 saturated heterocycles. The van der Waals surface area contributed by atoms with Crippen molar-refractivity contribution in [3.63, 3.8) is 0 Å². The predicted octanol–water partition coefficient (Wildman–Crippen LogP) is 3.94. The molecule has 3 nitrogen and oxygen atoms in total. The van der Waals surface area contributed by atoms with Crippen molar-refractivity contribution in [1.82, 2.24) is 4.98 Å². The van der Waals surface area contributed by atoms with Gasteiger partial charge >= 0.3 is 0 Å². The maximum atomic E-state index is 12.9. The minimum atomic E-state index is -0.287. The van der Waals surface area contributed by atoms with Gasteiger partial charge < -0.3 is 5.11 Å². The number of aliphatic hydroxyl groups is 1. The van der Waals surface area contributed by atoms with E-state index in [4.69, 9.17) is 0 Å². The summed E-state index contributed by atoms with van der Waals surface area (Å²) in [4.78, 5) is 15.2. The first-order valence-corrected chi connectivity index (χ1v) is 6.78. The van der Waals surface area contributed by atoms with Gasteiger partial charge in [-0.15, -0.1) is 0 Å². The van der Waals surface area contributed by atoms with E-state index in [1.807, 2.05) is 0 Å². The molecule has 0 fully saturated rings. The first kappa shape index (κ1) is 15.6. The Morgan fingerprint density at radius 2 is 2.00 bits per heavy atom. The highest BCUT2D eigenvalue weighted by Crippen LogP contribution is 2.22. The number of pyridine rings is 1. The molecule has 0 atom stereocenters. The predicted molar refractivity (Wildman–Crippen MR) is 84.8 cm³/mol. The smallest absolute Gasteiger partial charge is 0.150 e. The second-order valence-electron chi connectivity index (χ2n) is 4.86. The zero-order valence-electron chi connectivity index (χ0n) is 12.2. The zero-order chi connectivity index (χ0) is 16.1. The number of benzene rings is 1. The largest absolute Gasteiger partial charge is 0.506 e. The number of nitrogens with zero attached hydrogens (tertiary/aromatic N) is 1. The van der Waals surface area contributed by atoms with Crippen molar-refractivity contribution >= 4 is 17.6 Å². The van der Waals surface area contributed by atoms with Crippen LogP contribution in [0.3, 0.4) is 0 Å². The lowest BCUT2D eigenvalue weighted by molar-refractivity contribution is -0.103. The number of hydrogen-bond acceptors (Lipinski definition) is 3. The van der Waals surface area contributed by atoms with E-state index in [0.717, 1.165) is 11.1 Å². The van der Waals surface area contributed by atoms with Crippen LogP contribution >= 0.6 is 0 Å². The molecule has 2 rings (SSSR count). The van der Waals surface area contributed by atoms with Crippen molar-refractivity contribution < 1.29 is 14.3 Å². The van der Waals surface area contributed by atoms with Gasteiger partial charge in [0.2, 0.25) is 0 Å². The van der Waals surface area contributed by atoms with Gasteiger partial charge in [-0.2, -0.15) is 0 Å². The van der Waals surface area contributed by atoms with Crippen LogP contribution in [0.25, 0.3) is 11.3 Å². The van der Waals surface area contributed by atoms with Gasteiger partial charge in [0, 0.05) is 17.3 Å². The van der Waals surface area contributed by atoms with Crippen molar-refractivity contribution in [1.29, 1.82) is 0 Å². The highest BCUT2D eigenvalue weighted by Gasteiger charge is 2.12. The minimum absolute atomic E-state index is 0.00803. The molecule has 0 amide bonds. The van der Waals surface area contributed by atoms with E-state index in [-0.39, 0.29) is 17.1 Å². The fourth-order valence-electron chi connectivity index (χ4n) is 2.09. The molecule has 0 bridgehead atoms. The average molecular weight is 297 g/mol. The third-order valence-corrected chi connectivity index (χ3v) is 3.27. The monoisotopic (exact) mass is 297 g/mol. The Morgan fingerprint density at radius 3 is 2.59 bits per heavy atom. The molecule has 22 heavy (non-hydrogen) atoms. The zero-order valence-corrected chi connectivity index (χ0v) is 12.2. The fourth-order valence-corrected chi connectivity index (χ4v) is 2.09. The standard InChI is InChI=1S/C18H16FNO2/c1-3-17(22)18-16(12(2)11-21)9-14(10-20-18)8-13-4-6-15(19)7-5-13/h3-7,9-11,22H,2,8H2,1H3/b17-3+. The molecule has 0 spiro atoms. The second-order valence-corrected chi connectivity index (χ2v) is 4.86. The van der Waals surface area contributed by atoms with Crippen molar-refractivity contribution in [2.24, 2.45) is 0 Å². The van der Waals surface area contributed by atoms with Crippen LogP contribution in [0.15, 0.2) is 49.2 Å². The number of rotatable bonds is 5. The number of carbonyl (C=O) groups excluding carboxylic acids is 1. The molecule has 1 aromatic heterocycles. The van der Waals surface area contributed by atoms with Gasteiger partial charge in [-0.1, -0.05) is 18.7 Å². The third kappa shape index (κ3) is 3.47. The van der Waals surface area contributed by atoms with Crippen molar-refractivity contribution in [3.05, 3.63) is 77.4 Å². The van der Waals surface area contributed by atoms with Crippen LogP contribution in [0.2, 0.25) is 0 Å². The Hall–Kier alpha value is -2.75. The molecule has 0 radical (unpaired) electrons. The second kappa shape index (κ2) is 6.80. The molecule has 0 saturated carbocycles. The summed E-state index contributed by atoms with van der Waals surface area (Å²) in [5.41, 5.74) is 2.83. The fraction of sp³-hybridized carbons (Fsp3) is 0.111. The van der Waals surface area contributed by atoms with Gasteiger partial charge in [-0.25, -0.2) is 4.39 Å². The normalized spacial score (nSPS) is 11.3. The number of allylic oxidation sites excluding steroid dienone is 2. The third-order valence-electron chi connectivity index (χ3n) is 3.27. The molecule has 112 valence electrons. The maximum Gasteiger partial charge on any atom is 0.150 e. The van der Waals surface area contributed by atoms with Crippen LogP contribution in [0.5, 0.6) is 0 Å². The van der Waals surface area contributed by atoms with E-state index >= 15 is 0 Å². The molecule has 0 aliphatic rings. The minimum Gasteiger partial charge on any atom is -0.506 e. The summed E-state index contributed by atoms with van der Waals surface area (Å²) in [6, 6.07) is 7.95. The van der Waals surface area contributed by atoms with Crippen molar-refractivity contribution in [2.75, 3.05) is 0 Å². The highest BCUT2D eigenvalue weighted by atomic mass is 19.1. The van der Waals surface area contributed by atoms with E-state index in [1.54, 1.807) is 31.3 Å². The van der Waals surface area contributed by atoms with Gasteiger partial charge in [0.25, 0.3) is 0 Å². The Labute approximate surface area is 128 Å². The summed E-state index contributed by atoms with van der Waals surface area (Å²) < 4.78 is 12.9. The van der Waals surface area contributed by atoms with E-state index in [0.29, 0.717) is 24.0 Å². The van der Waals surface area contributed by atoms with Crippen LogP contribution < -0.4 is 0 Å². The summed E-state index contributed by atoms with van der Waals surface area (Å²) in [7, 11) is 0. The lowest BCUT2D eigenvalue weighted by Crippen LogP contribution is -2.00. The number of aromatic nitrogens is 1. The lowest BCUT2D eigenvalue weighted by Gasteiger charge is -2.10. The first-order chi connectivity index (χ1) is 10.5. The number of aliphatic hydroxyl groups excluding tert-OH is 1. The van der Waals surface area contributed by atoms with E-state index < -0.39 is 0 Å². The summed E-state index contributed by atoms with van der Waals surface area (Å²) in [6.45, 7) is 5.36. The van der Waals surface area contributed by atoms with Crippen LogP contribution in [0.4, 0.5) is 4.39 Å². The lowest BCUT2D eigenvalue weighted by atomic mass is 9.99. The summed E-state index contributed by atoms with van der Waals surface area (Å²) in [6.07, 6.45) is 4.30. The summed E-state index contributed by atoms with van der Waals surface area (Å²) in [5, 5.41) is 9.87. The van der Waals surface area contributed by atoms with E-state index in [1.165, 1.54) is 18.2 Å². The number of carbonyl (C=O) groups is 1. The van der Waals surface area contributed by atoms with Gasteiger partial charge in [-0.05, 0) is 48.7 Å². The number of aldehydes is 1. The molecule has 0 unspecified atom stereocenters. The molecule has 1 N–H and O–H groups in total. The molecular weight excluding hydrogens is 281 g/mol. The van der Waals surface area contributed by atoms with Gasteiger partial charge in [-0.3, -0.25) is 9.78 Å². The van der Waals surface area contributed by atoms with Gasteiger partial charge in [0.15, 0.2) is 0 Å². The molecule has 1 heterocycles. The van der Waals surface area contributed by atoms with Crippen LogP contribution in [0, 0.1) is 5.82 Å². The van der Waals surface area contributed by atoms with E-state index in [9.17, 15) is 14.3 Å². The van der Waals surface area contributed by atoms with Crippen molar-refractivity contribution in [2.45, 2.75) is 13.3 Å². The first-order valence-electron chi connectivity index (χ1n) is 6.78. The summed E-state index contributed by atoms with van der Waals surface area (Å²) >= 11 is 0. The quantitative estimate of drug-likeness (QED) is 0.516. The number of halogens is 1. The molecule has 0 aliphatic carbocycles. The topological polar surface area (TPSA) is 50.2 Å². The Kier molecular flexibility index (Phi) is 4.84. The SMILES string of the molecule is C=C(C=O)c1cc(Cc2ccc(F)cc2)cnc1/C(O)=C\C. The Morgan fingerprint density at radius 1 is 1.32 bits per heavy atom. The van der Waals surface area contributed by atoms with Crippen LogP contribution in [-0.4, -0.2) is 16.4 Å². The average Bonchev–Trinajstić information content (AvgIpc) is 2.55. The molecular formula is C18H16FNO2. The van der Waals surface area contributed by atoms with Crippen LogP contribution in [-0.2, 0) is 11.2 Å². The van der Waals surface area contributed by atoms with Crippen molar-refractivity contribution in [3.8, 4) is 0 Å². The van der Waals surface area contributed by atoms with E-state index in [2.05, 4.69) is 11.6 Å². The highest BCUT2D eigenvalue weighted by molar-refractivity contribution is 6.07. The van der Waals surface area contributed by atoms with Gasteiger partial charge in [0.1, 0.15) is 23.6 Å². The molecule has 4 heteroatoms. The Balaban J connectivity index is 2.40. The molecule has 1 aromatic carbocycles. The molecule has 0 aliphatic heterocycles. The molecule has 2 aromatic rings. The van der Waals surface area contributed by atoms with Gasteiger partial charge in [0.05, 0.1) is 0 Å². The van der Waals surface area contributed by atoms with Crippen LogP contribution in [0.1, 0.15) is 29.3 Å². The number of hydrogen-bond donors (Lipinski definition) is 1. The maximum absolute atomic E-state index is 12.9.